The maximum atomic E-state index is 13.1. The van der Waals surface area contributed by atoms with Crippen LogP contribution in [0.5, 0.6) is 0 Å². The quantitative estimate of drug-likeness (QED) is 0.807. The van der Waals surface area contributed by atoms with Crippen LogP contribution in [0.3, 0.4) is 0 Å². The molecule has 6 nitrogen and oxygen atoms in total. The maximum Gasteiger partial charge on any atom is 0.270 e. The van der Waals surface area contributed by atoms with Gasteiger partial charge in [0.1, 0.15) is 5.69 Å². The topological polar surface area (TPSA) is 54.6 Å². The fourth-order valence-corrected chi connectivity index (χ4v) is 5.61. The molecule has 3 unspecified atom stereocenters. The van der Waals surface area contributed by atoms with Crippen LogP contribution in [0.1, 0.15) is 29.8 Å². The third-order valence-electron chi connectivity index (χ3n) is 7.49. The molecule has 1 aromatic heterocycles. The lowest BCUT2D eigenvalue weighted by Crippen LogP contribution is -2.60. The van der Waals surface area contributed by atoms with E-state index in [0.717, 1.165) is 49.2 Å². The summed E-state index contributed by atoms with van der Waals surface area (Å²) in [5.74, 6) is 0.663. The summed E-state index contributed by atoms with van der Waals surface area (Å²) in [5, 5.41) is 3.62. The van der Waals surface area contributed by atoms with E-state index in [1.165, 1.54) is 12.8 Å². The van der Waals surface area contributed by atoms with E-state index in [9.17, 15) is 4.79 Å². The maximum absolute atomic E-state index is 13.1. The number of fused-ring (bicyclic) bond motifs is 4. The molecule has 4 fully saturated rings. The van der Waals surface area contributed by atoms with Crippen molar-refractivity contribution in [2.45, 2.75) is 36.9 Å². The molecule has 3 saturated heterocycles. The van der Waals surface area contributed by atoms with Gasteiger partial charge in [-0.25, -0.2) is 5.01 Å². The molecule has 1 saturated carbocycles. The molecule has 2 aromatic rings. The van der Waals surface area contributed by atoms with Gasteiger partial charge >= 0.3 is 0 Å². The number of H-pyrrole nitrogens is 1. The SMILES string of the molecule is CN1CC2C3CN(C(=O)c4cc5ccccc5[nH]4)CCC3NN2CC12CC2. The molecule has 3 atom stereocenters. The Labute approximate surface area is 159 Å². The fraction of sp³-hybridized carbons (Fsp3) is 0.571. The molecule has 0 bridgehead atoms. The number of hydrogen-bond donors (Lipinski definition) is 2. The number of likely N-dealkylation sites (N-methyl/N-ethyl adjacent to an activating group) is 1. The van der Waals surface area contributed by atoms with Gasteiger partial charge in [-0.2, -0.15) is 0 Å². The molecule has 27 heavy (non-hydrogen) atoms. The number of likely N-dealkylation sites (tertiary alicyclic amines) is 1. The Morgan fingerprint density at radius 1 is 1.22 bits per heavy atom. The zero-order valence-electron chi connectivity index (χ0n) is 15.8. The van der Waals surface area contributed by atoms with Crippen LogP contribution in [0, 0.1) is 5.92 Å². The van der Waals surface area contributed by atoms with E-state index >= 15 is 0 Å². The zero-order chi connectivity index (χ0) is 18.2. The number of hydrazine groups is 1. The summed E-state index contributed by atoms with van der Waals surface area (Å²) in [7, 11) is 2.29. The van der Waals surface area contributed by atoms with Crippen LogP contribution in [0.4, 0.5) is 0 Å². The standard InChI is InChI=1S/C21H27N5O/c1-24-12-19-15-11-25(9-6-17(15)23-26(19)13-21(24)7-8-21)20(27)18-10-14-4-2-3-5-16(14)22-18/h2-5,10,15,17,19,22-23H,6-9,11-13H2,1H3. The van der Waals surface area contributed by atoms with Crippen LogP contribution in [0.15, 0.2) is 30.3 Å². The van der Waals surface area contributed by atoms with Crippen LogP contribution in [0.25, 0.3) is 10.9 Å². The van der Waals surface area contributed by atoms with Crippen molar-refractivity contribution in [3.05, 3.63) is 36.0 Å². The highest BCUT2D eigenvalue weighted by Crippen LogP contribution is 2.46. The first kappa shape index (κ1) is 16.1. The minimum atomic E-state index is 0.144. The molecular formula is C21H27N5O. The van der Waals surface area contributed by atoms with Gasteiger partial charge in [0.05, 0.1) is 0 Å². The Kier molecular flexibility index (Phi) is 3.32. The second-order valence-electron chi connectivity index (χ2n) is 9.01. The molecule has 4 aliphatic rings. The Bertz CT molecular complexity index is 870. The van der Waals surface area contributed by atoms with Crippen LogP contribution < -0.4 is 5.43 Å². The first-order valence-corrected chi connectivity index (χ1v) is 10.2. The van der Waals surface area contributed by atoms with Crippen molar-refractivity contribution in [1.82, 2.24) is 25.2 Å². The first-order valence-electron chi connectivity index (χ1n) is 10.2. The fourth-order valence-electron chi connectivity index (χ4n) is 5.61. The van der Waals surface area contributed by atoms with Crippen molar-refractivity contribution in [3.63, 3.8) is 0 Å². The number of aromatic nitrogens is 1. The normalized spacial score (nSPS) is 32.6. The molecule has 1 aromatic carbocycles. The van der Waals surface area contributed by atoms with Crippen LogP contribution in [-0.2, 0) is 0 Å². The molecule has 2 N–H and O–H groups in total. The molecule has 4 heterocycles. The number of rotatable bonds is 1. The minimum absolute atomic E-state index is 0.144. The van der Waals surface area contributed by atoms with Crippen molar-refractivity contribution in [2.24, 2.45) is 5.92 Å². The van der Waals surface area contributed by atoms with Gasteiger partial charge in [0, 0.05) is 60.6 Å². The number of piperidine rings is 1. The second kappa shape index (κ2) is 5.56. The van der Waals surface area contributed by atoms with Gasteiger partial charge in [0.2, 0.25) is 0 Å². The summed E-state index contributed by atoms with van der Waals surface area (Å²) in [6, 6.07) is 11.1. The van der Waals surface area contributed by atoms with Gasteiger partial charge < -0.3 is 9.88 Å². The lowest BCUT2D eigenvalue weighted by Gasteiger charge is -2.44. The van der Waals surface area contributed by atoms with Crippen molar-refractivity contribution in [2.75, 3.05) is 33.2 Å². The minimum Gasteiger partial charge on any atom is -0.351 e. The number of amides is 1. The van der Waals surface area contributed by atoms with E-state index in [-0.39, 0.29) is 5.91 Å². The van der Waals surface area contributed by atoms with Gasteiger partial charge in [0.15, 0.2) is 0 Å². The lowest BCUT2D eigenvalue weighted by atomic mass is 9.86. The Hall–Kier alpha value is -1.89. The largest absolute Gasteiger partial charge is 0.351 e. The number of hydrogen-bond acceptors (Lipinski definition) is 4. The van der Waals surface area contributed by atoms with E-state index in [4.69, 9.17) is 0 Å². The number of para-hydroxylation sites is 1. The highest BCUT2D eigenvalue weighted by atomic mass is 16.2. The summed E-state index contributed by atoms with van der Waals surface area (Å²) >= 11 is 0. The molecule has 1 amide bonds. The molecule has 6 rings (SSSR count). The summed E-state index contributed by atoms with van der Waals surface area (Å²) in [6.07, 6.45) is 3.70. The average Bonchev–Trinajstić information content (AvgIpc) is 3.18. The summed E-state index contributed by atoms with van der Waals surface area (Å²) in [6.45, 7) is 3.94. The Morgan fingerprint density at radius 2 is 2.07 bits per heavy atom. The van der Waals surface area contributed by atoms with E-state index < -0.39 is 0 Å². The van der Waals surface area contributed by atoms with Crippen molar-refractivity contribution in [3.8, 4) is 0 Å². The van der Waals surface area contributed by atoms with Crippen LogP contribution in [-0.4, -0.2) is 76.5 Å². The van der Waals surface area contributed by atoms with Gasteiger partial charge in [-0.05, 0) is 38.4 Å². The van der Waals surface area contributed by atoms with E-state index in [2.05, 4.69) is 38.3 Å². The van der Waals surface area contributed by atoms with E-state index in [1.807, 2.05) is 24.3 Å². The number of nitrogens with one attached hydrogen (secondary N) is 2. The number of benzene rings is 1. The van der Waals surface area contributed by atoms with Gasteiger partial charge in [0.25, 0.3) is 5.91 Å². The Morgan fingerprint density at radius 3 is 2.89 bits per heavy atom. The molecule has 0 radical (unpaired) electrons. The smallest absolute Gasteiger partial charge is 0.270 e. The summed E-state index contributed by atoms with van der Waals surface area (Å²) < 4.78 is 0. The van der Waals surface area contributed by atoms with Crippen molar-refractivity contribution < 1.29 is 4.79 Å². The number of carbonyl (C=O) groups is 1. The number of piperazine rings is 1. The van der Waals surface area contributed by atoms with Crippen molar-refractivity contribution >= 4 is 16.8 Å². The third kappa shape index (κ3) is 2.40. The van der Waals surface area contributed by atoms with E-state index in [1.54, 1.807) is 0 Å². The summed E-state index contributed by atoms with van der Waals surface area (Å²) in [4.78, 5) is 21.1. The van der Waals surface area contributed by atoms with Crippen LogP contribution in [0.2, 0.25) is 0 Å². The number of nitrogens with zero attached hydrogens (tertiary/aromatic N) is 3. The lowest BCUT2D eigenvalue weighted by molar-refractivity contribution is 0.0164. The van der Waals surface area contributed by atoms with E-state index in [0.29, 0.717) is 23.5 Å². The van der Waals surface area contributed by atoms with Crippen molar-refractivity contribution in [1.29, 1.82) is 0 Å². The predicted molar refractivity (Wildman–Crippen MR) is 104 cm³/mol. The second-order valence-corrected chi connectivity index (χ2v) is 9.01. The molecule has 1 spiro atoms. The summed E-state index contributed by atoms with van der Waals surface area (Å²) in [5.41, 5.74) is 5.97. The zero-order valence-corrected chi connectivity index (χ0v) is 15.8. The average molecular weight is 365 g/mol. The molecule has 6 heteroatoms. The van der Waals surface area contributed by atoms with Gasteiger partial charge in [-0.15, -0.1) is 0 Å². The first-order chi connectivity index (χ1) is 13.1. The Balaban J connectivity index is 1.22. The predicted octanol–water partition coefficient (Wildman–Crippen LogP) is 1.67. The monoisotopic (exact) mass is 365 g/mol. The molecular weight excluding hydrogens is 338 g/mol. The van der Waals surface area contributed by atoms with Crippen LogP contribution >= 0.6 is 0 Å². The van der Waals surface area contributed by atoms with Gasteiger partial charge in [-0.1, -0.05) is 18.2 Å². The highest BCUT2D eigenvalue weighted by Gasteiger charge is 2.57. The number of aromatic amines is 1. The number of carbonyl (C=O) groups excluding carboxylic acids is 1. The molecule has 3 aliphatic heterocycles. The molecule has 1 aliphatic carbocycles. The van der Waals surface area contributed by atoms with Gasteiger partial charge in [-0.3, -0.25) is 15.1 Å². The highest BCUT2D eigenvalue weighted by molar-refractivity contribution is 5.98. The third-order valence-corrected chi connectivity index (χ3v) is 7.49. The molecule has 142 valence electrons.